The number of esters is 1. The maximum Gasteiger partial charge on any atom is 0.316 e. The van der Waals surface area contributed by atoms with E-state index in [1.807, 2.05) is 18.2 Å². The van der Waals surface area contributed by atoms with Crippen LogP contribution in [0.2, 0.25) is 0 Å². The first kappa shape index (κ1) is 25.1. The number of hydrogen-bond donors (Lipinski definition) is 1. The lowest BCUT2D eigenvalue weighted by atomic mass is 9.69. The quantitative estimate of drug-likeness (QED) is 0.519. The number of halogens is 1. The van der Waals surface area contributed by atoms with Crippen LogP contribution in [0.15, 0.2) is 66.0 Å². The number of allylic oxidation sites excluding steroid dienone is 2. The summed E-state index contributed by atoms with van der Waals surface area (Å²) in [6.45, 7) is 4.14. The molecule has 2 aromatic rings. The molecule has 1 fully saturated rings. The minimum Gasteiger partial charge on any atom is -0.493 e. The van der Waals surface area contributed by atoms with Crippen molar-refractivity contribution in [3.05, 3.63) is 83.0 Å². The van der Waals surface area contributed by atoms with Gasteiger partial charge in [-0.1, -0.05) is 30.8 Å². The number of rotatable bonds is 6. The predicted molar refractivity (Wildman–Crippen MR) is 137 cm³/mol. The number of ketones is 1. The van der Waals surface area contributed by atoms with Gasteiger partial charge >= 0.3 is 5.97 Å². The number of carbonyl (C=O) groups excluding carboxylic acids is 2. The lowest BCUT2D eigenvalue weighted by Crippen LogP contribution is -2.43. The van der Waals surface area contributed by atoms with Crippen LogP contribution in [0.5, 0.6) is 11.5 Å². The second-order valence-corrected chi connectivity index (χ2v) is 10.0. The second kappa shape index (κ2) is 10.4. The fourth-order valence-corrected chi connectivity index (χ4v) is 5.98. The number of carbonyl (C=O) groups is 2. The van der Waals surface area contributed by atoms with Crippen LogP contribution in [-0.4, -0.2) is 32.1 Å². The Kier molecular flexibility index (Phi) is 7.04. The van der Waals surface area contributed by atoms with Crippen molar-refractivity contribution in [1.29, 1.82) is 0 Å². The summed E-state index contributed by atoms with van der Waals surface area (Å²) < 4.78 is 31.8. The molecule has 2 aliphatic carbocycles. The van der Waals surface area contributed by atoms with Crippen molar-refractivity contribution >= 4 is 11.8 Å². The van der Waals surface area contributed by atoms with E-state index < -0.39 is 23.6 Å². The van der Waals surface area contributed by atoms with Gasteiger partial charge in [0, 0.05) is 29.3 Å². The molecule has 194 valence electrons. The van der Waals surface area contributed by atoms with E-state index in [1.54, 1.807) is 32.4 Å². The van der Waals surface area contributed by atoms with Crippen molar-refractivity contribution in [1.82, 2.24) is 5.32 Å². The highest BCUT2D eigenvalue weighted by Crippen LogP contribution is 2.48. The van der Waals surface area contributed by atoms with Gasteiger partial charge in [-0.05, 0) is 67.3 Å². The van der Waals surface area contributed by atoms with Gasteiger partial charge in [-0.2, -0.15) is 0 Å². The molecule has 0 spiro atoms. The van der Waals surface area contributed by atoms with E-state index in [-0.39, 0.29) is 24.2 Å². The van der Waals surface area contributed by atoms with Crippen LogP contribution in [0.1, 0.15) is 61.5 Å². The third-order valence-electron chi connectivity index (χ3n) is 7.80. The van der Waals surface area contributed by atoms with Gasteiger partial charge in [0.15, 0.2) is 17.3 Å². The normalized spacial score (nSPS) is 23.9. The first-order chi connectivity index (χ1) is 17.9. The molecular weight excluding hydrogens is 473 g/mol. The van der Waals surface area contributed by atoms with E-state index in [4.69, 9.17) is 14.2 Å². The minimum atomic E-state index is -0.891. The second-order valence-electron chi connectivity index (χ2n) is 10.0. The number of nitrogens with one attached hydrogen (secondary N) is 1. The molecule has 0 radical (unpaired) electrons. The molecular formula is C30H32FNO5. The van der Waals surface area contributed by atoms with Crippen LogP contribution >= 0.6 is 0 Å². The minimum absolute atomic E-state index is 0.116. The number of methoxy groups -OCH3 is 2. The van der Waals surface area contributed by atoms with E-state index in [2.05, 4.69) is 11.9 Å². The van der Waals surface area contributed by atoms with Crippen LogP contribution in [0.3, 0.4) is 0 Å². The number of Topliss-reactive ketones (excluding diaryl/α,β-unsaturated/α-hetero) is 1. The zero-order chi connectivity index (χ0) is 26.1. The third-order valence-corrected chi connectivity index (χ3v) is 7.80. The lowest BCUT2D eigenvalue weighted by molar-refractivity contribution is -0.153. The Morgan fingerprint density at radius 3 is 2.46 bits per heavy atom. The Balaban J connectivity index is 1.53. The van der Waals surface area contributed by atoms with Gasteiger partial charge in [-0.3, -0.25) is 9.59 Å². The number of benzene rings is 2. The SMILES string of the molecule is C=C1NC2=C(C(=O)CC(c3ccc(OC)c(OC)c3)C2)C(c2ccccc2F)C1C(=O)OC1CCCC1. The van der Waals surface area contributed by atoms with Gasteiger partial charge in [0.05, 0.1) is 14.2 Å². The van der Waals surface area contributed by atoms with Crippen molar-refractivity contribution in [2.24, 2.45) is 5.92 Å². The summed E-state index contributed by atoms with van der Waals surface area (Å²) in [6, 6.07) is 12.0. The fourth-order valence-electron chi connectivity index (χ4n) is 5.98. The molecule has 3 unspecified atom stereocenters. The Morgan fingerprint density at radius 1 is 1.03 bits per heavy atom. The van der Waals surface area contributed by atoms with Crippen molar-refractivity contribution < 1.29 is 28.2 Å². The predicted octanol–water partition coefficient (Wildman–Crippen LogP) is 5.55. The molecule has 6 nitrogen and oxygen atoms in total. The molecule has 1 saturated carbocycles. The number of hydrogen-bond acceptors (Lipinski definition) is 6. The maximum absolute atomic E-state index is 15.2. The highest BCUT2D eigenvalue weighted by molar-refractivity contribution is 6.01. The summed E-state index contributed by atoms with van der Waals surface area (Å²) in [4.78, 5) is 27.2. The molecule has 1 aliphatic heterocycles. The fraction of sp³-hybridized carbons (Fsp3) is 0.400. The number of ether oxygens (including phenoxy) is 3. The Morgan fingerprint density at radius 2 is 1.76 bits per heavy atom. The van der Waals surface area contributed by atoms with Gasteiger partial charge in [0.1, 0.15) is 17.8 Å². The molecule has 1 heterocycles. The summed E-state index contributed by atoms with van der Waals surface area (Å²) in [5, 5.41) is 3.26. The standard InChI is InChI=1S/C30H32FNO5/c1-17-27(30(34)37-20-8-4-5-9-20)28(21-10-6-7-11-22(21)31)29-23(32-17)14-19(15-24(29)33)18-12-13-25(35-2)26(16-18)36-3/h6-7,10-13,16,19-20,27-28,32H,1,4-5,8-9,14-15H2,2-3H3. The zero-order valence-electron chi connectivity index (χ0n) is 21.2. The van der Waals surface area contributed by atoms with Crippen LogP contribution in [0, 0.1) is 11.7 Å². The van der Waals surface area contributed by atoms with Crippen molar-refractivity contribution in [2.45, 2.75) is 56.5 Å². The van der Waals surface area contributed by atoms with Crippen molar-refractivity contribution in [2.75, 3.05) is 14.2 Å². The molecule has 2 aromatic carbocycles. The smallest absolute Gasteiger partial charge is 0.316 e. The van der Waals surface area contributed by atoms with E-state index in [1.165, 1.54) is 6.07 Å². The van der Waals surface area contributed by atoms with E-state index in [9.17, 15) is 9.59 Å². The Bertz CT molecular complexity index is 1260. The van der Waals surface area contributed by atoms with Gasteiger partial charge in [-0.15, -0.1) is 0 Å². The van der Waals surface area contributed by atoms with Gasteiger partial charge in [0.2, 0.25) is 0 Å². The van der Waals surface area contributed by atoms with Gasteiger partial charge < -0.3 is 19.5 Å². The molecule has 0 bridgehead atoms. The molecule has 0 aromatic heterocycles. The van der Waals surface area contributed by atoms with E-state index in [0.29, 0.717) is 40.5 Å². The molecule has 3 aliphatic rings. The van der Waals surface area contributed by atoms with Gasteiger partial charge in [0.25, 0.3) is 0 Å². The average Bonchev–Trinajstić information content (AvgIpc) is 3.40. The Labute approximate surface area is 216 Å². The summed E-state index contributed by atoms with van der Waals surface area (Å²) in [5.41, 5.74) is 2.80. The van der Waals surface area contributed by atoms with Crippen molar-refractivity contribution in [3.8, 4) is 11.5 Å². The summed E-state index contributed by atoms with van der Waals surface area (Å²) in [7, 11) is 3.15. The first-order valence-corrected chi connectivity index (χ1v) is 12.8. The average molecular weight is 506 g/mol. The summed E-state index contributed by atoms with van der Waals surface area (Å²) in [6.07, 6.45) is 4.29. The topological polar surface area (TPSA) is 73.9 Å². The third kappa shape index (κ3) is 4.75. The molecule has 7 heteroatoms. The Hall–Kier alpha value is -3.61. The molecule has 0 amide bonds. The molecule has 3 atom stereocenters. The molecule has 5 rings (SSSR count). The monoisotopic (exact) mass is 505 g/mol. The summed E-state index contributed by atoms with van der Waals surface area (Å²) in [5.74, 6) is -1.63. The van der Waals surface area contributed by atoms with Crippen molar-refractivity contribution in [3.63, 3.8) is 0 Å². The summed E-state index contributed by atoms with van der Waals surface area (Å²) >= 11 is 0. The van der Waals surface area contributed by atoms with Crippen LogP contribution in [-0.2, 0) is 14.3 Å². The zero-order valence-corrected chi connectivity index (χ0v) is 21.2. The van der Waals surface area contributed by atoms with Gasteiger partial charge in [-0.25, -0.2) is 4.39 Å². The van der Waals surface area contributed by atoms with Crippen LogP contribution in [0.4, 0.5) is 4.39 Å². The molecule has 1 N–H and O–H groups in total. The highest BCUT2D eigenvalue weighted by Gasteiger charge is 2.46. The van der Waals surface area contributed by atoms with Crippen LogP contribution in [0.25, 0.3) is 0 Å². The lowest BCUT2D eigenvalue weighted by Gasteiger charge is -2.40. The van der Waals surface area contributed by atoms with E-state index >= 15 is 4.39 Å². The largest absolute Gasteiger partial charge is 0.493 e. The highest BCUT2D eigenvalue weighted by atomic mass is 19.1. The first-order valence-electron chi connectivity index (χ1n) is 12.8. The maximum atomic E-state index is 15.2. The molecule has 37 heavy (non-hydrogen) atoms. The van der Waals surface area contributed by atoms with E-state index in [0.717, 1.165) is 31.2 Å². The van der Waals surface area contributed by atoms with Crippen LogP contribution < -0.4 is 14.8 Å². The molecule has 0 saturated heterocycles.